The quantitative estimate of drug-likeness (QED) is 0.864. The van der Waals surface area contributed by atoms with Gasteiger partial charge in [-0.2, -0.15) is 0 Å². The van der Waals surface area contributed by atoms with Crippen molar-refractivity contribution in [1.82, 2.24) is 5.32 Å². The van der Waals surface area contributed by atoms with Crippen LogP contribution in [0.15, 0.2) is 24.3 Å². The Morgan fingerprint density at radius 3 is 2.85 bits per heavy atom. The molecule has 0 aliphatic heterocycles. The van der Waals surface area contributed by atoms with Crippen LogP contribution < -0.4 is 15.8 Å². The Kier molecular flexibility index (Phi) is 4.33. The number of carbonyl (C=O) groups excluding carboxylic acids is 1. The predicted molar refractivity (Wildman–Crippen MR) is 79.6 cm³/mol. The average molecular weight is 276 g/mol. The lowest BCUT2D eigenvalue weighted by Gasteiger charge is -2.50. The molecule has 0 saturated heterocycles. The minimum Gasteiger partial charge on any atom is -0.493 e. The summed E-state index contributed by atoms with van der Waals surface area (Å²) in [5, 5.41) is 3.04. The van der Waals surface area contributed by atoms with Crippen LogP contribution in [-0.4, -0.2) is 24.6 Å². The van der Waals surface area contributed by atoms with Crippen molar-refractivity contribution in [1.29, 1.82) is 0 Å². The van der Waals surface area contributed by atoms with Gasteiger partial charge >= 0.3 is 0 Å². The van der Waals surface area contributed by atoms with Gasteiger partial charge < -0.3 is 15.8 Å². The summed E-state index contributed by atoms with van der Waals surface area (Å²) in [6.45, 7) is 6.60. The first-order valence-electron chi connectivity index (χ1n) is 7.14. The summed E-state index contributed by atoms with van der Waals surface area (Å²) in [6, 6.07) is 8.19. The molecule has 1 aromatic carbocycles. The summed E-state index contributed by atoms with van der Waals surface area (Å²) in [4.78, 5) is 11.9. The number of nitrogens with one attached hydrogen (secondary N) is 1. The SMILES string of the molecule is Cc1cccc(OCCC(=O)NC2CC(N)C2(C)C)c1. The molecule has 3 N–H and O–H groups in total. The van der Waals surface area contributed by atoms with Crippen molar-refractivity contribution in [3.8, 4) is 5.75 Å². The van der Waals surface area contributed by atoms with Crippen LogP contribution in [0.25, 0.3) is 0 Å². The van der Waals surface area contributed by atoms with E-state index in [1.54, 1.807) is 0 Å². The fourth-order valence-electron chi connectivity index (χ4n) is 2.44. The number of carbonyl (C=O) groups is 1. The zero-order chi connectivity index (χ0) is 14.8. The third-order valence-electron chi connectivity index (χ3n) is 4.27. The van der Waals surface area contributed by atoms with Crippen LogP contribution >= 0.6 is 0 Å². The van der Waals surface area contributed by atoms with Crippen LogP contribution in [0.5, 0.6) is 5.75 Å². The average Bonchev–Trinajstić information content (AvgIpc) is 2.38. The van der Waals surface area contributed by atoms with Crippen molar-refractivity contribution in [2.75, 3.05) is 6.61 Å². The molecule has 1 aliphatic carbocycles. The highest BCUT2D eigenvalue weighted by molar-refractivity contribution is 5.76. The standard InChI is InChI=1S/C16H24N2O2/c1-11-5-4-6-12(9-11)20-8-7-15(19)18-14-10-13(17)16(14,2)3/h4-6,9,13-14H,7-8,10,17H2,1-3H3,(H,18,19). The first-order valence-corrected chi connectivity index (χ1v) is 7.14. The molecule has 2 atom stereocenters. The summed E-state index contributed by atoms with van der Waals surface area (Å²) in [5.41, 5.74) is 7.08. The number of benzene rings is 1. The monoisotopic (exact) mass is 276 g/mol. The van der Waals surface area contributed by atoms with Gasteiger partial charge in [0.1, 0.15) is 5.75 Å². The zero-order valence-electron chi connectivity index (χ0n) is 12.5. The molecule has 1 amide bonds. The van der Waals surface area contributed by atoms with E-state index in [1.807, 2.05) is 31.2 Å². The number of rotatable bonds is 5. The minimum absolute atomic E-state index is 0.00689. The van der Waals surface area contributed by atoms with E-state index in [9.17, 15) is 4.79 Å². The minimum atomic E-state index is -0.00689. The molecule has 0 spiro atoms. The van der Waals surface area contributed by atoms with Crippen LogP contribution in [0, 0.1) is 12.3 Å². The number of hydrogen-bond acceptors (Lipinski definition) is 3. The molecule has 1 saturated carbocycles. The summed E-state index contributed by atoms with van der Waals surface area (Å²) < 4.78 is 5.58. The topological polar surface area (TPSA) is 64.3 Å². The van der Waals surface area contributed by atoms with Crippen molar-refractivity contribution in [2.45, 2.75) is 45.7 Å². The maximum absolute atomic E-state index is 11.9. The molecule has 0 radical (unpaired) electrons. The fraction of sp³-hybridized carbons (Fsp3) is 0.562. The summed E-state index contributed by atoms with van der Waals surface area (Å²) in [6.07, 6.45) is 1.23. The maximum atomic E-state index is 11.9. The van der Waals surface area contributed by atoms with Gasteiger partial charge in [-0.1, -0.05) is 26.0 Å². The van der Waals surface area contributed by atoms with Crippen molar-refractivity contribution in [3.63, 3.8) is 0 Å². The zero-order valence-corrected chi connectivity index (χ0v) is 12.5. The van der Waals surface area contributed by atoms with Gasteiger partial charge in [0.15, 0.2) is 0 Å². The lowest BCUT2D eigenvalue weighted by Crippen LogP contribution is -2.64. The fourth-order valence-corrected chi connectivity index (χ4v) is 2.44. The highest BCUT2D eigenvalue weighted by atomic mass is 16.5. The Morgan fingerprint density at radius 2 is 2.25 bits per heavy atom. The van der Waals surface area contributed by atoms with Crippen LogP contribution in [0.3, 0.4) is 0 Å². The van der Waals surface area contributed by atoms with E-state index in [0.29, 0.717) is 13.0 Å². The number of aryl methyl sites for hydroxylation is 1. The molecule has 0 aromatic heterocycles. The Morgan fingerprint density at radius 1 is 1.50 bits per heavy atom. The highest BCUT2D eigenvalue weighted by Gasteiger charge is 2.46. The van der Waals surface area contributed by atoms with Gasteiger partial charge in [0.2, 0.25) is 5.91 Å². The molecule has 0 heterocycles. The Bertz CT molecular complexity index is 485. The van der Waals surface area contributed by atoms with Crippen LogP contribution in [0.4, 0.5) is 0 Å². The van der Waals surface area contributed by atoms with Crippen molar-refractivity contribution in [3.05, 3.63) is 29.8 Å². The molecule has 1 aliphatic rings. The first kappa shape index (κ1) is 14.9. The van der Waals surface area contributed by atoms with Crippen LogP contribution in [0.2, 0.25) is 0 Å². The van der Waals surface area contributed by atoms with Crippen molar-refractivity contribution in [2.24, 2.45) is 11.1 Å². The van der Waals surface area contributed by atoms with Gasteiger partial charge in [0, 0.05) is 17.5 Å². The highest BCUT2D eigenvalue weighted by Crippen LogP contribution is 2.38. The van der Waals surface area contributed by atoms with E-state index in [2.05, 4.69) is 19.2 Å². The summed E-state index contributed by atoms with van der Waals surface area (Å²) >= 11 is 0. The van der Waals surface area contributed by atoms with Gasteiger partial charge in [-0.25, -0.2) is 0 Å². The number of nitrogens with two attached hydrogens (primary N) is 1. The maximum Gasteiger partial charge on any atom is 0.223 e. The molecular formula is C16H24N2O2. The molecule has 4 nitrogen and oxygen atoms in total. The second kappa shape index (κ2) is 5.83. The van der Waals surface area contributed by atoms with E-state index in [-0.39, 0.29) is 23.4 Å². The largest absolute Gasteiger partial charge is 0.493 e. The van der Waals surface area contributed by atoms with E-state index in [1.165, 1.54) is 0 Å². The van der Waals surface area contributed by atoms with Gasteiger partial charge in [0.05, 0.1) is 13.0 Å². The van der Waals surface area contributed by atoms with Crippen molar-refractivity contribution < 1.29 is 9.53 Å². The normalized spacial score (nSPS) is 23.8. The molecule has 1 aromatic rings. The first-order chi connectivity index (χ1) is 9.39. The lowest BCUT2D eigenvalue weighted by molar-refractivity contribution is -0.124. The van der Waals surface area contributed by atoms with Gasteiger partial charge in [-0.3, -0.25) is 4.79 Å². The third-order valence-corrected chi connectivity index (χ3v) is 4.27. The number of amides is 1. The third kappa shape index (κ3) is 3.31. The number of hydrogen-bond donors (Lipinski definition) is 2. The summed E-state index contributed by atoms with van der Waals surface area (Å²) in [7, 11) is 0. The van der Waals surface area contributed by atoms with E-state index in [0.717, 1.165) is 17.7 Å². The molecule has 20 heavy (non-hydrogen) atoms. The molecular weight excluding hydrogens is 252 g/mol. The second-order valence-corrected chi connectivity index (χ2v) is 6.20. The Hall–Kier alpha value is -1.55. The van der Waals surface area contributed by atoms with Gasteiger partial charge in [-0.05, 0) is 31.0 Å². The summed E-state index contributed by atoms with van der Waals surface area (Å²) in [5.74, 6) is 0.839. The van der Waals surface area contributed by atoms with Crippen LogP contribution in [-0.2, 0) is 4.79 Å². The van der Waals surface area contributed by atoms with Gasteiger partial charge in [0.25, 0.3) is 0 Å². The molecule has 110 valence electrons. The van der Waals surface area contributed by atoms with Crippen molar-refractivity contribution >= 4 is 5.91 Å². The Balaban J connectivity index is 1.71. The molecule has 2 unspecified atom stereocenters. The van der Waals surface area contributed by atoms with E-state index < -0.39 is 0 Å². The van der Waals surface area contributed by atoms with E-state index in [4.69, 9.17) is 10.5 Å². The van der Waals surface area contributed by atoms with Gasteiger partial charge in [-0.15, -0.1) is 0 Å². The smallest absolute Gasteiger partial charge is 0.223 e. The molecule has 0 bridgehead atoms. The predicted octanol–water partition coefficient (Wildman–Crippen LogP) is 2.01. The molecule has 4 heteroatoms. The van der Waals surface area contributed by atoms with E-state index >= 15 is 0 Å². The lowest BCUT2D eigenvalue weighted by atomic mass is 9.63. The number of ether oxygens (including phenoxy) is 1. The Labute approximate surface area is 120 Å². The van der Waals surface area contributed by atoms with Crippen LogP contribution in [0.1, 0.15) is 32.3 Å². The molecule has 2 rings (SSSR count). The second-order valence-electron chi connectivity index (χ2n) is 6.20. The molecule has 1 fully saturated rings.